The third kappa shape index (κ3) is 4.41. The van der Waals surface area contributed by atoms with Gasteiger partial charge in [-0.2, -0.15) is 0 Å². The number of benzene rings is 2. The van der Waals surface area contributed by atoms with Gasteiger partial charge in [0.15, 0.2) is 11.5 Å². The number of halogens is 2. The SMILES string of the molecule is COc1ccc(/C=C/C(=O)Nc2cccc(Cl)c2Cl)cc1OC. The zero-order chi connectivity index (χ0) is 16.8. The molecule has 23 heavy (non-hydrogen) atoms. The van der Waals surface area contributed by atoms with Crippen LogP contribution in [0.3, 0.4) is 0 Å². The lowest BCUT2D eigenvalue weighted by Crippen LogP contribution is -2.08. The molecule has 0 aliphatic rings. The van der Waals surface area contributed by atoms with Gasteiger partial charge >= 0.3 is 0 Å². The monoisotopic (exact) mass is 351 g/mol. The van der Waals surface area contributed by atoms with Gasteiger partial charge in [-0.15, -0.1) is 0 Å². The Labute approximate surface area is 144 Å². The molecule has 0 aliphatic carbocycles. The van der Waals surface area contributed by atoms with Gasteiger partial charge in [0.05, 0.1) is 30.0 Å². The van der Waals surface area contributed by atoms with Crippen LogP contribution in [0.15, 0.2) is 42.5 Å². The summed E-state index contributed by atoms with van der Waals surface area (Å²) in [6, 6.07) is 10.4. The van der Waals surface area contributed by atoms with E-state index in [1.165, 1.54) is 6.08 Å². The van der Waals surface area contributed by atoms with Crippen LogP contribution in [0.4, 0.5) is 5.69 Å². The van der Waals surface area contributed by atoms with Gasteiger partial charge in [-0.3, -0.25) is 4.79 Å². The Bertz CT molecular complexity index is 745. The number of amides is 1. The Balaban J connectivity index is 2.10. The van der Waals surface area contributed by atoms with E-state index in [1.54, 1.807) is 50.6 Å². The van der Waals surface area contributed by atoms with Gasteiger partial charge in [0.1, 0.15) is 0 Å². The molecule has 0 saturated carbocycles. The molecule has 1 N–H and O–H groups in total. The standard InChI is InChI=1S/C17H15Cl2NO3/c1-22-14-8-6-11(10-15(14)23-2)7-9-16(21)20-13-5-3-4-12(18)17(13)19/h3-10H,1-2H3,(H,20,21)/b9-7+. The molecule has 120 valence electrons. The van der Waals surface area contributed by atoms with Crippen LogP contribution in [-0.4, -0.2) is 20.1 Å². The van der Waals surface area contributed by atoms with E-state index in [2.05, 4.69) is 5.32 Å². The quantitative estimate of drug-likeness (QED) is 0.796. The highest BCUT2D eigenvalue weighted by molar-refractivity contribution is 6.44. The fourth-order valence-electron chi connectivity index (χ4n) is 1.90. The fourth-order valence-corrected chi connectivity index (χ4v) is 2.25. The molecule has 6 heteroatoms. The predicted molar refractivity (Wildman–Crippen MR) is 93.7 cm³/mol. The lowest BCUT2D eigenvalue weighted by atomic mass is 10.2. The number of nitrogens with one attached hydrogen (secondary N) is 1. The molecule has 0 unspecified atom stereocenters. The number of ether oxygens (including phenoxy) is 2. The Morgan fingerprint density at radius 2 is 1.83 bits per heavy atom. The van der Waals surface area contributed by atoms with E-state index in [0.29, 0.717) is 27.2 Å². The van der Waals surface area contributed by atoms with Gasteiger partial charge in [0.2, 0.25) is 5.91 Å². The summed E-state index contributed by atoms with van der Waals surface area (Å²) in [7, 11) is 3.12. The van der Waals surface area contributed by atoms with Crippen molar-refractivity contribution in [2.45, 2.75) is 0 Å². The highest BCUT2D eigenvalue weighted by atomic mass is 35.5. The molecule has 0 aromatic heterocycles. The van der Waals surface area contributed by atoms with Gasteiger partial charge < -0.3 is 14.8 Å². The summed E-state index contributed by atoms with van der Waals surface area (Å²) in [4.78, 5) is 12.0. The molecule has 0 aliphatic heterocycles. The molecular weight excluding hydrogens is 337 g/mol. The first-order valence-electron chi connectivity index (χ1n) is 6.70. The van der Waals surface area contributed by atoms with Crippen LogP contribution in [0.5, 0.6) is 11.5 Å². The summed E-state index contributed by atoms with van der Waals surface area (Å²) in [6.07, 6.45) is 3.06. The predicted octanol–water partition coefficient (Wildman–Crippen LogP) is 4.66. The van der Waals surface area contributed by atoms with Crippen molar-refractivity contribution in [2.24, 2.45) is 0 Å². The van der Waals surface area contributed by atoms with E-state index in [-0.39, 0.29) is 5.91 Å². The highest BCUT2D eigenvalue weighted by Crippen LogP contribution is 2.30. The molecule has 0 saturated heterocycles. The third-order valence-corrected chi connectivity index (χ3v) is 3.86. The van der Waals surface area contributed by atoms with Crippen LogP contribution in [0.1, 0.15) is 5.56 Å². The van der Waals surface area contributed by atoms with Crippen molar-refractivity contribution in [1.82, 2.24) is 0 Å². The summed E-state index contributed by atoms with van der Waals surface area (Å²) in [6.45, 7) is 0. The molecule has 2 aromatic rings. The summed E-state index contributed by atoms with van der Waals surface area (Å²) < 4.78 is 10.4. The van der Waals surface area contributed by atoms with E-state index in [0.717, 1.165) is 5.56 Å². The summed E-state index contributed by atoms with van der Waals surface area (Å²) in [5, 5.41) is 3.36. The summed E-state index contributed by atoms with van der Waals surface area (Å²) in [5.74, 6) is 0.900. The summed E-state index contributed by atoms with van der Waals surface area (Å²) >= 11 is 11.9. The number of carbonyl (C=O) groups excluding carboxylic acids is 1. The number of hydrogen-bond donors (Lipinski definition) is 1. The second-order valence-corrected chi connectivity index (χ2v) is 5.32. The van der Waals surface area contributed by atoms with E-state index in [1.807, 2.05) is 6.07 Å². The maximum Gasteiger partial charge on any atom is 0.248 e. The number of carbonyl (C=O) groups is 1. The van der Waals surface area contributed by atoms with Crippen LogP contribution in [0.25, 0.3) is 6.08 Å². The Kier molecular flexibility index (Phi) is 5.90. The Morgan fingerprint density at radius 3 is 2.52 bits per heavy atom. The fraction of sp³-hybridized carbons (Fsp3) is 0.118. The van der Waals surface area contributed by atoms with E-state index in [4.69, 9.17) is 32.7 Å². The molecule has 0 heterocycles. The average molecular weight is 352 g/mol. The van der Waals surface area contributed by atoms with E-state index >= 15 is 0 Å². The minimum absolute atomic E-state index is 0.307. The number of methoxy groups -OCH3 is 2. The van der Waals surface area contributed by atoms with Gasteiger partial charge in [-0.25, -0.2) is 0 Å². The van der Waals surface area contributed by atoms with Crippen molar-refractivity contribution in [3.63, 3.8) is 0 Å². The molecule has 0 bridgehead atoms. The van der Waals surface area contributed by atoms with Crippen molar-refractivity contribution >= 4 is 40.9 Å². The molecule has 0 fully saturated rings. The first-order valence-corrected chi connectivity index (χ1v) is 7.46. The Morgan fingerprint density at radius 1 is 1.09 bits per heavy atom. The molecule has 4 nitrogen and oxygen atoms in total. The maximum atomic E-state index is 12.0. The van der Waals surface area contributed by atoms with Crippen molar-refractivity contribution in [1.29, 1.82) is 0 Å². The molecule has 0 radical (unpaired) electrons. The van der Waals surface area contributed by atoms with Gasteiger partial charge in [-0.1, -0.05) is 35.3 Å². The minimum Gasteiger partial charge on any atom is -0.493 e. The molecule has 2 aromatic carbocycles. The largest absolute Gasteiger partial charge is 0.493 e. The average Bonchev–Trinajstić information content (AvgIpc) is 2.56. The molecule has 2 rings (SSSR count). The lowest BCUT2D eigenvalue weighted by molar-refractivity contribution is -0.111. The summed E-state index contributed by atoms with van der Waals surface area (Å²) in [5.41, 5.74) is 1.26. The van der Waals surface area contributed by atoms with Crippen molar-refractivity contribution in [2.75, 3.05) is 19.5 Å². The van der Waals surface area contributed by atoms with Crippen molar-refractivity contribution in [3.8, 4) is 11.5 Å². The topological polar surface area (TPSA) is 47.6 Å². The van der Waals surface area contributed by atoms with Crippen LogP contribution >= 0.6 is 23.2 Å². The molecule has 0 spiro atoms. The number of rotatable bonds is 5. The highest BCUT2D eigenvalue weighted by Gasteiger charge is 2.07. The van der Waals surface area contributed by atoms with E-state index in [9.17, 15) is 4.79 Å². The zero-order valence-electron chi connectivity index (χ0n) is 12.6. The Hall–Kier alpha value is -2.17. The third-order valence-electron chi connectivity index (χ3n) is 3.04. The normalized spacial score (nSPS) is 10.6. The molecule has 0 atom stereocenters. The second kappa shape index (κ2) is 7.90. The van der Waals surface area contributed by atoms with Gasteiger partial charge in [0, 0.05) is 6.08 Å². The number of hydrogen-bond acceptors (Lipinski definition) is 3. The van der Waals surface area contributed by atoms with E-state index < -0.39 is 0 Å². The van der Waals surface area contributed by atoms with Crippen LogP contribution in [0.2, 0.25) is 10.0 Å². The second-order valence-electron chi connectivity index (χ2n) is 4.54. The first-order chi connectivity index (χ1) is 11.0. The zero-order valence-corrected chi connectivity index (χ0v) is 14.1. The molecular formula is C17H15Cl2NO3. The smallest absolute Gasteiger partial charge is 0.248 e. The number of anilines is 1. The molecule has 1 amide bonds. The first kappa shape index (κ1) is 17.2. The minimum atomic E-state index is -0.316. The lowest BCUT2D eigenvalue weighted by Gasteiger charge is -2.08. The maximum absolute atomic E-state index is 12.0. The van der Waals surface area contributed by atoms with Gasteiger partial charge in [-0.05, 0) is 35.9 Å². The van der Waals surface area contributed by atoms with Crippen LogP contribution < -0.4 is 14.8 Å². The van der Waals surface area contributed by atoms with Gasteiger partial charge in [0.25, 0.3) is 0 Å². The van der Waals surface area contributed by atoms with Crippen molar-refractivity contribution in [3.05, 3.63) is 58.1 Å². The van der Waals surface area contributed by atoms with Crippen molar-refractivity contribution < 1.29 is 14.3 Å². The van der Waals surface area contributed by atoms with Crippen LogP contribution in [-0.2, 0) is 4.79 Å². The van der Waals surface area contributed by atoms with Crippen LogP contribution in [0, 0.1) is 0 Å².